The van der Waals surface area contributed by atoms with Gasteiger partial charge in [0.1, 0.15) is 6.33 Å². The quantitative estimate of drug-likeness (QED) is 0.867. The Morgan fingerprint density at radius 1 is 1.17 bits per heavy atom. The van der Waals surface area contributed by atoms with Crippen LogP contribution in [-0.4, -0.2) is 28.0 Å². The van der Waals surface area contributed by atoms with Crippen molar-refractivity contribution in [2.75, 3.05) is 23.3 Å². The van der Waals surface area contributed by atoms with Crippen molar-refractivity contribution in [3.8, 4) is 0 Å². The van der Waals surface area contributed by atoms with Gasteiger partial charge in [-0.05, 0) is 13.8 Å². The minimum Gasteiger partial charge on any atom is -0.378 e. The van der Waals surface area contributed by atoms with Crippen molar-refractivity contribution in [2.45, 2.75) is 20.4 Å². The first-order valence-corrected chi connectivity index (χ1v) is 6.83. The molecule has 0 aliphatic carbocycles. The van der Waals surface area contributed by atoms with Crippen LogP contribution in [0.15, 0.2) is 24.9 Å². The van der Waals surface area contributed by atoms with E-state index in [0.717, 1.165) is 30.5 Å². The van der Waals surface area contributed by atoms with Gasteiger partial charge in [-0.3, -0.25) is 0 Å². The third-order valence-corrected chi connectivity index (χ3v) is 3.66. The Labute approximate surface area is 111 Å². The van der Waals surface area contributed by atoms with Crippen molar-refractivity contribution < 1.29 is 0 Å². The SMILES string of the molecule is CCN(CC)c1ncc(CNc2cncnc2)s1. The van der Waals surface area contributed by atoms with Gasteiger partial charge in [-0.15, -0.1) is 11.3 Å². The highest BCUT2D eigenvalue weighted by Crippen LogP contribution is 2.22. The van der Waals surface area contributed by atoms with Crippen LogP contribution in [0, 0.1) is 0 Å². The molecule has 0 aliphatic rings. The molecule has 6 heteroatoms. The second-order valence-corrected chi connectivity index (χ2v) is 4.86. The fourth-order valence-corrected chi connectivity index (χ4v) is 2.58. The molecule has 0 fully saturated rings. The van der Waals surface area contributed by atoms with Gasteiger partial charge >= 0.3 is 0 Å². The van der Waals surface area contributed by atoms with Crippen LogP contribution < -0.4 is 10.2 Å². The zero-order chi connectivity index (χ0) is 12.8. The predicted octanol–water partition coefficient (Wildman–Crippen LogP) is 2.39. The zero-order valence-corrected chi connectivity index (χ0v) is 11.4. The summed E-state index contributed by atoms with van der Waals surface area (Å²) in [5.74, 6) is 0. The lowest BCUT2D eigenvalue weighted by Gasteiger charge is -2.16. The summed E-state index contributed by atoms with van der Waals surface area (Å²) in [7, 11) is 0. The maximum atomic E-state index is 4.44. The summed E-state index contributed by atoms with van der Waals surface area (Å²) in [6.07, 6.45) is 6.98. The van der Waals surface area contributed by atoms with Gasteiger partial charge < -0.3 is 10.2 Å². The summed E-state index contributed by atoms with van der Waals surface area (Å²) < 4.78 is 0. The van der Waals surface area contributed by atoms with E-state index in [1.807, 2.05) is 6.20 Å². The van der Waals surface area contributed by atoms with E-state index in [1.165, 1.54) is 11.2 Å². The standard InChI is InChI=1S/C12H17N5S/c1-3-17(4-2)12-16-8-11(18-12)7-15-10-5-13-9-14-6-10/h5-6,8-9,15H,3-4,7H2,1-2H3. The zero-order valence-electron chi connectivity index (χ0n) is 10.6. The molecule has 0 unspecified atom stereocenters. The minimum atomic E-state index is 0.756. The highest BCUT2D eigenvalue weighted by atomic mass is 32.1. The van der Waals surface area contributed by atoms with E-state index in [4.69, 9.17) is 0 Å². The van der Waals surface area contributed by atoms with Crippen LogP contribution in [0.3, 0.4) is 0 Å². The van der Waals surface area contributed by atoms with E-state index in [2.05, 4.69) is 39.0 Å². The summed E-state index contributed by atoms with van der Waals surface area (Å²) in [5.41, 5.74) is 0.926. The molecule has 0 atom stereocenters. The number of anilines is 2. The van der Waals surface area contributed by atoms with Crippen molar-refractivity contribution in [2.24, 2.45) is 0 Å². The van der Waals surface area contributed by atoms with E-state index >= 15 is 0 Å². The molecule has 0 saturated heterocycles. The lowest BCUT2D eigenvalue weighted by Crippen LogP contribution is -2.21. The highest BCUT2D eigenvalue weighted by molar-refractivity contribution is 7.15. The molecule has 2 rings (SSSR count). The highest BCUT2D eigenvalue weighted by Gasteiger charge is 2.07. The monoisotopic (exact) mass is 263 g/mol. The number of rotatable bonds is 6. The predicted molar refractivity (Wildman–Crippen MR) is 75.0 cm³/mol. The van der Waals surface area contributed by atoms with E-state index < -0.39 is 0 Å². The van der Waals surface area contributed by atoms with Gasteiger partial charge in [-0.25, -0.2) is 15.0 Å². The smallest absolute Gasteiger partial charge is 0.185 e. The maximum absolute atomic E-state index is 4.44. The first-order chi connectivity index (χ1) is 8.83. The minimum absolute atomic E-state index is 0.756. The molecule has 2 heterocycles. The maximum Gasteiger partial charge on any atom is 0.185 e. The molecule has 0 aromatic carbocycles. The van der Waals surface area contributed by atoms with Gasteiger partial charge in [0.05, 0.1) is 24.6 Å². The topological polar surface area (TPSA) is 53.9 Å². The Kier molecular flexibility index (Phi) is 4.46. The van der Waals surface area contributed by atoms with Gasteiger partial charge in [0.25, 0.3) is 0 Å². The van der Waals surface area contributed by atoms with Crippen molar-refractivity contribution >= 4 is 22.2 Å². The average Bonchev–Trinajstić information content (AvgIpc) is 2.88. The molecule has 2 aromatic heterocycles. The Morgan fingerprint density at radius 3 is 2.56 bits per heavy atom. The molecule has 0 bridgehead atoms. The van der Waals surface area contributed by atoms with Gasteiger partial charge in [0, 0.05) is 24.2 Å². The van der Waals surface area contributed by atoms with Crippen LogP contribution in [0.25, 0.3) is 0 Å². The Bertz CT molecular complexity index is 466. The molecule has 0 amide bonds. The number of nitrogens with zero attached hydrogens (tertiary/aromatic N) is 4. The Balaban J connectivity index is 1.95. The number of hydrogen-bond donors (Lipinski definition) is 1. The summed E-state index contributed by atoms with van der Waals surface area (Å²) in [5, 5.41) is 4.36. The van der Waals surface area contributed by atoms with Crippen LogP contribution in [0.1, 0.15) is 18.7 Å². The molecular weight excluding hydrogens is 246 g/mol. The summed E-state index contributed by atoms with van der Waals surface area (Å²) in [6.45, 7) is 7.02. The molecular formula is C12H17N5S. The first kappa shape index (κ1) is 12.8. The summed E-state index contributed by atoms with van der Waals surface area (Å²) in [4.78, 5) is 15.8. The van der Waals surface area contributed by atoms with Crippen LogP contribution in [-0.2, 0) is 6.54 Å². The van der Waals surface area contributed by atoms with Crippen LogP contribution in [0.4, 0.5) is 10.8 Å². The second kappa shape index (κ2) is 6.30. The molecule has 5 nitrogen and oxygen atoms in total. The molecule has 0 spiro atoms. The third-order valence-electron chi connectivity index (χ3n) is 2.60. The average molecular weight is 263 g/mol. The second-order valence-electron chi connectivity index (χ2n) is 3.76. The lowest BCUT2D eigenvalue weighted by molar-refractivity contribution is 0.860. The number of thiazole rings is 1. The van der Waals surface area contributed by atoms with Gasteiger partial charge in [0.15, 0.2) is 5.13 Å². The van der Waals surface area contributed by atoms with Gasteiger partial charge in [0.2, 0.25) is 0 Å². The summed E-state index contributed by atoms with van der Waals surface area (Å²) >= 11 is 1.72. The summed E-state index contributed by atoms with van der Waals surface area (Å²) in [6, 6.07) is 0. The number of nitrogens with one attached hydrogen (secondary N) is 1. The number of aromatic nitrogens is 3. The molecule has 18 heavy (non-hydrogen) atoms. The van der Waals surface area contributed by atoms with E-state index in [9.17, 15) is 0 Å². The molecule has 1 N–H and O–H groups in total. The normalized spacial score (nSPS) is 10.3. The van der Waals surface area contributed by atoms with Crippen LogP contribution in [0.5, 0.6) is 0 Å². The fourth-order valence-electron chi connectivity index (χ4n) is 1.60. The Hall–Kier alpha value is -1.69. The molecule has 0 saturated carbocycles. The fraction of sp³-hybridized carbons (Fsp3) is 0.417. The molecule has 2 aromatic rings. The van der Waals surface area contributed by atoms with E-state index in [1.54, 1.807) is 23.7 Å². The molecule has 0 aliphatic heterocycles. The largest absolute Gasteiger partial charge is 0.378 e. The van der Waals surface area contributed by atoms with Gasteiger partial charge in [-0.1, -0.05) is 0 Å². The van der Waals surface area contributed by atoms with Crippen LogP contribution in [0.2, 0.25) is 0 Å². The van der Waals surface area contributed by atoms with E-state index in [-0.39, 0.29) is 0 Å². The lowest BCUT2D eigenvalue weighted by atomic mass is 10.5. The van der Waals surface area contributed by atoms with Crippen LogP contribution >= 0.6 is 11.3 Å². The molecule has 0 radical (unpaired) electrons. The number of hydrogen-bond acceptors (Lipinski definition) is 6. The van der Waals surface area contributed by atoms with Crippen molar-refractivity contribution in [3.05, 3.63) is 29.8 Å². The molecule has 96 valence electrons. The van der Waals surface area contributed by atoms with Crippen molar-refractivity contribution in [1.82, 2.24) is 15.0 Å². The van der Waals surface area contributed by atoms with Crippen molar-refractivity contribution in [3.63, 3.8) is 0 Å². The Morgan fingerprint density at radius 2 is 1.89 bits per heavy atom. The third kappa shape index (κ3) is 3.16. The van der Waals surface area contributed by atoms with E-state index in [0.29, 0.717) is 0 Å². The first-order valence-electron chi connectivity index (χ1n) is 6.02. The van der Waals surface area contributed by atoms with Gasteiger partial charge in [-0.2, -0.15) is 0 Å². The van der Waals surface area contributed by atoms with Crippen molar-refractivity contribution in [1.29, 1.82) is 0 Å².